The van der Waals surface area contributed by atoms with E-state index in [4.69, 9.17) is 14.2 Å². The monoisotopic (exact) mass is 668 g/mol. The molecule has 0 spiro atoms. The van der Waals surface area contributed by atoms with Crippen LogP contribution < -0.4 is 9.47 Å². The molecule has 1 aromatic carbocycles. The lowest BCUT2D eigenvalue weighted by molar-refractivity contribution is -0.140. The maximum Gasteiger partial charge on any atom is 0.410 e. The van der Waals surface area contributed by atoms with Crippen molar-refractivity contribution in [2.45, 2.75) is 95.1 Å². The first-order chi connectivity index (χ1) is 22.5. The second kappa shape index (κ2) is 12.6. The van der Waals surface area contributed by atoms with Crippen molar-refractivity contribution in [3.05, 3.63) is 35.4 Å². The van der Waals surface area contributed by atoms with E-state index in [1.807, 2.05) is 18.2 Å². The minimum atomic E-state index is -3.54. The molecule has 0 saturated heterocycles. The van der Waals surface area contributed by atoms with Gasteiger partial charge in [0.25, 0.3) is 0 Å². The number of carbonyl (C=O) groups is 4. The predicted octanol–water partition coefficient (Wildman–Crippen LogP) is 4.35. The molecule has 12 heteroatoms. The van der Waals surface area contributed by atoms with E-state index in [0.29, 0.717) is 50.4 Å². The number of nitrogens with zero attached hydrogens (tertiary/aromatic N) is 2. The fourth-order valence-corrected chi connectivity index (χ4v) is 9.73. The predicted molar refractivity (Wildman–Crippen MR) is 170 cm³/mol. The number of hydrogen-bond donors (Lipinski definition) is 0. The lowest BCUT2D eigenvalue weighted by atomic mass is 9.82. The third-order valence-corrected chi connectivity index (χ3v) is 13.2. The molecule has 3 aliphatic carbocycles. The second-order valence-electron chi connectivity index (χ2n) is 14.5. The van der Waals surface area contributed by atoms with Crippen LogP contribution in [0.15, 0.2) is 24.3 Å². The smallest absolute Gasteiger partial charge is 0.410 e. The summed E-state index contributed by atoms with van der Waals surface area (Å²) >= 11 is 0. The molecule has 0 bridgehead atoms. The molecule has 0 N–H and O–H groups in total. The third kappa shape index (κ3) is 6.54. The lowest BCUT2D eigenvalue weighted by Gasteiger charge is -2.25. The van der Waals surface area contributed by atoms with E-state index in [-0.39, 0.29) is 49.4 Å². The van der Waals surface area contributed by atoms with Gasteiger partial charge in [-0.25, -0.2) is 13.2 Å². The maximum atomic E-state index is 14.2. The molecule has 3 aliphatic heterocycles. The van der Waals surface area contributed by atoms with Crippen LogP contribution >= 0.6 is 0 Å². The van der Waals surface area contributed by atoms with Gasteiger partial charge in [0.2, 0.25) is 12.7 Å². The molecule has 3 saturated carbocycles. The topological polar surface area (TPSA) is 137 Å². The number of ether oxygens (including phenoxy) is 3. The van der Waals surface area contributed by atoms with Gasteiger partial charge in [0.15, 0.2) is 27.1 Å². The maximum absolute atomic E-state index is 14.2. The van der Waals surface area contributed by atoms with E-state index >= 15 is 0 Å². The summed E-state index contributed by atoms with van der Waals surface area (Å²) in [7, 11) is -1.79. The van der Waals surface area contributed by atoms with Crippen molar-refractivity contribution >= 4 is 33.4 Å². The Hall–Kier alpha value is -3.41. The Kier molecular flexibility index (Phi) is 8.59. The summed E-state index contributed by atoms with van der Waals surface area (Å²) in [5, 5.41) is -0.453. The Labute approximate surface area is 275 Å². The van der Waals surface area contributed by atoms with Crippen molar-refractivity contribution < 1.29 is 41.8 Å². The van der Waals surface area contributed by atoms with Gasteiger partial charge in [0.05, 0.1) is 11.2 Å². The molecule has 47 heavy (non-hydrogen) atoms. The van der Waals surface area contributed by atoms with Gasteiger partial charge in [0, 0.05) is 44.4 Å². The lowest BCUT2D eigenvalue weighted by Crippen LogP contribution is -2.38. The van der Waals surface area contributed by atoms with Crippen LogP contribution in [0.4, 0.5) is 4.79 Å². The number of amides is 2. The molecule has 254 valence electrons. The number of ketones is 2. The van der Waals surface area contributed by atoms with Gasteiger partial charge in [-0.15, -0.1) is 0 Å². The SMILES string of the molecule is CN1CCCCCC/C=C\[C@@H]2C[C@@]2(C(=O)CS(=O)(=O)C2CC2)CC(=O)[C@@H]2C[C@@H](OC(=O)N3Cc4cc5c(cc4C3)OCO5)CC2C1=O. The zero-order valence-electron chi connectivity index (χ0n) is 27.0. The molecule has 6 aliphatic rings. The van der Waals surface area contributed by atoms with Gasteiger partial charge >= 0.3 is 6.09 Å². The van der Waals surface area contributed by atoms with Gasteiger partial charge < -0.3 is 19.1 Å². The highest BCUT2D eigenvalue weighted by Crippen LogP contribution is 2.58. The summed E-state index contributed by atoms with van der Waals surface area (Å²) < 4.78 is 42.6. The molecule has 11 nitrogen and oxygen atoms in total. The number of hydrogen-bond acceptors (Lipinski definition) is 9. The van der Waals surface area contributed by atoms with Crippen molar-refractivity contribution in [3.8, 4) is 11.5 Å². The molecule has 0 radical (unpaired) electrons. The summed E-state index contributed by atoms with van der Waals surface area (Å²) in [5.41, 5.74) is 0.850. The van der Waals surface area contributed by atoms with Gasteiger partial charge in [-0.2, -0.15) is 0 Å². The Morgan fingerprint density at radius 1 is 0.979 bits per heavy atom. The van der Waals surface area contributed by atoms with Crippen LogP contribution in [-0.4, -0.2) is 79.3 Å². The Morgan fingerprint density at radius 2 is 1.66 bits per heavy atom. The second-order valence-corrected chi connectivity index (χ2v) is 16.7. The van der Waals surface area contributed by atoms with Crippen molar-refractivity contribution in [2.75, 3.05) is 26.1 Å². The molecular weight excluding hydrogens is 624 g/mol. The van der Waals surface area contributed by atoms with Crippen molar-refractivity contribution in [1.82, 2.24) is 9.80 Å². The molecule has 3 fully saturated rings. The van der Waals surface area contributed by atoms with Gasteiger partial charge in [-0.05, 0) is 80.5 Å². The van der Waals surface area contributed by atoms with Crippen LogP contribution in [0.1, 0.15) is 81.8 Å². The third-order valence-electron chi connectivity index (χ3n) is 11.1. The van der Waals surface area contributed by atoms with Gasteiger partial charge in [0.1, 0.15) is 17.6 Å². The average molecular weight is 669 g/mol. The molecule has 1 unspecified atom stereocenters. The first-order valence-corrected chi connectivity index (χ1v) is 18.8. The van der Waals surface area contributed by atoms with Crippen LogP contribution in [0.25, 0.3) is 0 Å². The molecule has 5 atom stereocenters. The van der Waals surface area contributed by atoms with E-state index in [1.165, 1.54) is 0 Å². The summed E-state index contributed by atoms with van der Waals surface area (Å²) in [6, 6.07) is 3.77. The zero-order valence-corrected chi connectivity index (χ0v) is 27.8. The highest BCUT2D eigenvalue weighted by Gasteiger charge is 2.61. The number of rotatable bonds is 5. The Balaban J connectivity index is 1.08. The van der Waals surface area contributed by atoms with E-state index in [9.17, 15) is 27.6 Å². The number of fused-ring (bicyclic) bond motifs is 4. The Morgan fingerprint density at radius 3 is 2.36 bits per heavy atom. The highest BCUT2D eigenvalue weighted by atomic mass is 32.2. The number of allylic oxidation sites excluding steroid dienone is 2. The summed E-state index contributed by atoms with van der Waals surface area (Å²) in [5.74, 6) is -1.59. The minimum absolute atomic E-state index is 0.101. The molecule has 1 aromatic rings. The van der Waals surface area contributed by atoms with Crippen LogP contribution in [0.5, 0.6) is 11.5 Å². The fourth-order valence-electron chi connectivity index (χ4n) is 7.99. The molecule has 7 rings (SSSR count). The summed E-state index contributed by atoms with van der Waals surface area (Å²) in [6.07, 6.45) is 9.53. The number of benzene rings is 1. The first kappa shape index (κ1) is 32.2. The van der Waals surface area contributed by atoms with Crippen LogP contribution in [0, 0.1) is 23.2 Å². The van der Waals surface area contributed by atoms with E-state index in [1.54, 1.807) is 16.8 Å². The first-order valence-electron chi connectivity index (χ1n) is 17.1. The number of sulfone groups is 1. The largest absolute Gasteiger partial charge is 0.454 e. The van der Waals surface area contributed by atoms with Crippen molar-refractivity contribution in [2.24, 2.45) is 23.2 Å². The molecular formula is C35H44N2O9S. The summed E-state index contributed by atoms with van der Waals surface area (Å²) in [6.45, 7) is 1.46. The van der Waals surface area contributed by atoms with Gasteiger partial charge in [-0.1, -0.05) is 25.0 Å². The Bertz CT molecular complexity index is 1570. The van der Waals surface area contributed by atoms with Crippen LogP contribution in [0.2, 0.25) is 0 Å². The average Bonchev–Trinajstić information content (AvgIpc) is 3.85. The van der Waals surface area contributed by atoms with E-state index in [2.05, 4.69) is 6.08 Å². The number of carbonyl (C=O) groups excluding carboxylic acids is 4. The fraction of sp³-hybridized carbons (Fsp3) is 0.657. The van der Waals surface area contributed by atoms with Crippen molar-refractivity contribution in [1.29, 1.82) is 0 Å². The van der Waals surface area contributed by atoms with Crippen LogP contribution in [0.3, 0.4) is 0 Å². The standard InChI is InChI=1S/C35H44N2O9S/c1-36-11-7-5-3-2-4-6-8-24-16-35(24,32(39)20-47(42,43)26-9-10-26)17-29(38)27-14-25(15-28(27)33(36)40)46-34(41)37-18-22-12-30-31(45-21-44-30)13-23(22)19-37/h6,8,12-13,24-28H,2-5,7,9-11,14-21H2,1H3/b8-6-/t24-,25-,27-,28?,35-/m1/s1. The highest BCUT2D eigenvalue weighted by molar-refractivity contribution is 7.93. The molecule has 0 aromatic heterocycles. The van der Waals surface area contributed by atoms with E-state index < -0.39 is 50.3 Å². The quantitative estimate of drug-likeness (QED) is 0.420. The van der Waals surface area contributed by atoms with Crippen LogP contribution in [-0.2, 0) is 42.0 Å². The summed E-state index contributed by atoms with van der Waals surface area (Å²) in [4.78, 5) is 58.3. The van der Waals surface area contributed by atoms with Crippen molar-refractivity contribution in [3.63, 3.8) is 0 Å². The normalized spacial score (nSPS) is 31.6. The van der Waals surface area contributed by atoms with Gasteiger partial charge in [-0.3, -0.25) is 19.3 Å². The molecule has 2 amide bonds. The zero-order chi connectivity index (χ0) is 32.9. The van der Waals surface area contributed by atoms with E-state index in [0.717, 1.165) is 43.2 Å². The molecule has 3 heterocycles. The number of Topliss-reactive ketones (excluding diaryl/α,β-unsaturated/α-hetero) is 2. The minimum Gasteiger partial charge on any atom is -0.454 e.